The lowest BCUT2D eigenvalue weighted by Gasteiger charge is -2.14. The Morgan fingerprint density at radius 2 is 1.77 bits per heavy atom. The van der Waals surface area contributed by atoms with Crippen molar-refractivity contribution in [2.45, 2.75) is 13.2 Å². The molecular formula is C25H25N3O7. The van der Waals surface area contributed by atoms with Crippen LogP contribution in [0, 0.1) is 0 Å². The molecule has 182 valence electrons. The Bertz CT molecular complexity index is 1270. The number of aliphatic hydroxyl groups excluding tert-OH is 1. The molecule has 0 aliphatic rings. The lowest BCUT2D eigenvalue weighted by Crippen LogP contribution is -2.11. The summed E-state index contributed by atoms with van der Waals surface area (Å²) in [6.07, 6.45) is 2.93. The number of aromatic nitrogens is 1. The molecule has 10 heteroatoms. The lowest BCUT2D eigenvalue weighted by atomic mass is 10.1. The van der Waals surface area contributed by atoms with Crippen LogP contribution >= 0.6 is 0 Å². The van der Waals surface area contributed by atoms with Crippen LogP contribution < -0.4 is 24.8 Å². The first kappa shape index (κ1) is 23.7. The van der Waals surface area contributed by atoms with Gasteiger partial charge in [0.2, 0.25) is 5.75 Å². The highest BCUT2D eigenvalue weighted by atomic mass is 16.5. The van der Waals surface area contributed by atoms with Gasteiger partial charge in [0, 0.05) is 29.1 Å². The smallest absolute Gasteiger partial charge is 0.291 e. The van der Waals surface area contributed by atoms with Crippen molar-refractivity contribution in [1.82, 2.24) is 4.98 Å². The molecule has 0 saturated carbocycles. The standard InChI is InChI=1S/C25H25N3O7/c1-31-21-9-17(10-22(32-2)24(21)33-3)28-25(30)20-7-5-18(35-20)11-27-16-4-6-19(15(8-16)13-29)23-12-26-14-34-23/h4-10,12,14,27,29H,11,13H2,1-3H3,(H,28,30). The Kier molecular flexibility index (Phi) is 7.22. The number of ether oxygens (including phenoxy) is 3. The predicted octanol–water partition coefficient (Wildman–Crippen LogP) is 4.32. The van der Waals surface area contributed by atoms with E-state index >= 15 is 0 Å². The Balaban J connectivity index is 1.42. The Hall–Kier alpha value is -4.44. The number of anilines is 2. The van der Waals surface area contributed by atoms with Gasteiger partial charge in [-0.05, 0) is 35.9 Å². The monoisotopic (exact) mass is 479 g/mol. The third kappa shape index (κ3) is 5.22. The zero-order valence-electron chi connectivity index (χ0n) is 19.5. The number of oxazole rings is 1. The molecule has 35 heavy (non-hydrogen) atoms. The highest BCUT2D eigenvalue weighted by Gasteiger charge is 2.17. The van der Waals surface area contributed by atoms with Gasteiger partial charge in [-0.3, -0.25) is 4.79 Å². The predicted molar refractivity (Wildman–Crippen MR) is 128 cm³/mol. The van der Waals surface area contributed by atoms with Crippen molar-refractivity contribution >= 4 is 17.3 Å². The second-order valence-electron chi connectivity index (χ2n) is 7.38. The summed E-state index contributed by atoms with van der Waals surface area (Å²) in [4.78, 5) is 16.6. The molecule has 10 nitrogen and oxygen atoms in total. The lowest BCUT2D eigenvalue weighted by molar-refractivity contribution is 0.0995. The number of rotatable bonds is 10. The zero-order valence-corrected chi connectivity index (χ0v) is 19.5. The number of benzene rings is 2. The van der Waals surface area contributed by atoms with E-state index in [9.17, 15) is 9.90 Å². The molecule has 3 N–H and O–H groups in total. The van der Waals surface area contributed by atoms with Gasteiger partial charge in [0.1, 0.15) is 5.76 Å². The van der Waals surface area contributed by atoms with E-state index in [0.29, 0.717) is 46.6 Å². The van der Waals surface area contributed by atoms with Crippen LogP contribution in [0.4, 0.5) is 11.4 Å². The normalized spacial score (nSPS) is 10.6. The molecule has 2 aromatic carbocycles. The summed E-state index contributed by atoms with van der Waals surface area (Å²) in [6.45, 7) is 0.182. The first-order chi connectivity index (χ1) is 17.1. The van der Waals surface area contributed by atoms with E-state index in [1.807, 2.05) is 18.2 Å². The van der Waals surface area contributed by atoms with E-state index in [2.05, 4.69) is 15.6 Å². The van der Waals surface area contributed by atoms with Crippen LogP contribution in [0.2, 0.25) is 0 Å². The number of hydrogen-bond acceptors (Lipinski definition) is 9. The first-order valence-corrected chi connectivity index (χ1v) is 10.6. The van der Waals surface area contributed by atoms with E-state index in [1.165, 1.54) is 27.7 Å². The van der Waals surface area contributed by atoms with Gasteiger partial charge >= 0.3 is 0 Å². The molecule has 4 rings (SSSR count). The SMILES string of the molecule is COc1cc(NC(=O)c2ccc(CNc3ccc(-c4cnco4)c(CO)c3)o2)cc(OC)c1OC. The summed E-state index contributed by atoms with van der Waals surface area (Å²) in [5.41, 5.74) is 2.69. The molecule has 0 aliphatic carbocycles. The fraction of sp³-hybridized carbons (Fsp3) is 0.200. The van der Waals surface area contributed by atoms with Gasteiger partial charge < -0.3 is 38.8 Å². The summed E-state index contributed by atoms with van der Waals surface area (Å²) >= 11 is 0. The third-order valence-corrected chi connectivity index (χ3v) is 5.25. The molecule has 0 radical (unpaired) electrons. The molecule has 1 amide bonds. The molecule has 2 heterocycles. The number of furan rings is 1. The summed E-state index contributed by atoms with van der Waals surface area (Å²) in [5, 5.41) is 15.7. The van der Waals surface area contributed by atoms with Crippen molar-refractivity contribution < 1.29 is 32.9 Å². The Morgan fingerprint density at radius 1 is 1.00 bits per heavy atom. The maximum absolute atomic E-state index is 12.7. The second kappa shape index (κ2) is 10.7. The minimum atomic E-state index is -0.426. The molecule has 0 spiro atoms. The maximum atomic E-state index is 12.7. The fourth-order valence-corrected chi connectivity index (χ4v) is 3.55. The summed E-state index contributed by atoms with van der Waals surface area (Å²) in [7, 11) is 4.51. The average molecular weight is 479 g/mol. The van der Waals surface area contributed by atoms with Crippen LogP contribution in [0.1, 0.15) is 21.9 Å². The number of methoxy groups -OCH3 is 3. The summed E-state index contributed by atoms with van der Waals surface area (Å²) < 4.78 is 27.0. The molecule has 0 unspecified atom stereocenters. The summed E-state index contributed by atoms with van der Waals surface area (Å²) in [6, 6.07) is 12.1. The highest BCUT2D eigenvalue weighted by molar-refractivity contribution is 6.02. The van der Waals surface area contributed by atoms with E-state index in [1.54, 1.807) is 30.5 Å². The van der Waals surface area contributed by atoms with Gasteiger partial charge in [-0.1, -0.05) is 0 Å². The minimum absolute atomic E-state index is 0.146. The molecule has 2 aromatic heterocycles. The third-order valence-electron chi connectivity index (χ3n) is 5.25. The van der Waals surface area contributed by atoms with E-state index in [0.717, 1.165) is 11.3 Å². The van der Waals surface area contributed by atoms with Crippen LogP contribution in [0.25, 0.3) is 11.3 Å². The molecule has 0 bridgehead atoms. The molecule has 4 aromatic rings. The van der Waals surface area contributed by atoms with E-state index in [4.69, 9.17) is 23.0 Å². The minimum Gasteiger partial charge on any atom is -0.493 e. The van der Waals surface area contributed by atoms with E-state index in [-0.39, 0.29) is 12.4 Å². The van der Waals surface area contributed by atoms with Crippen LogP contribution in [0.3, 0.4) is 0 Å². The topological polar surface area (TPSA) is 128 Å². The van der Waals surface area contributed by atoms with Crippen LogP contribution in [0.5, 0.6) is 17.2 Å². The molecule has 0 fully saturated rings. The van der Waals surface area contributed by atoms with Crippen molar-refractivity contribution in [2.24, 2.45) is 0 Å². The number of hydrogen-bond donors (Lipinski definition) is 3. The largest absolute Gasteiger partial charge is 0.493 e. The van der Waals surface area contributed by atoms with Gasteiger partial charge in [-0.25, -0.2) is 4.98 Å². The maximum Gasteiger partial charge on any atom is 0.291 e. The van der Waals surface area contributed by atoms with Gasteiger partial charge in [0.25, 0.3) is 5.91 Å². The summed E-state index contributed by atoms with van der Waals surface area (Å²) in [5.74, 6) is 2.12. The zero-order chi connectivity index (χ0) is 24.8. The molecule has 0 saturated heterocycles. The highest BCUT2D eigenvalue weighted by Crippen LogP contribution is 2.40. The van der Waals surface area contributed by atoms with Crippen LogP contribution in [-0.4, -0.2) is 37.3 Å². The molecular weight excluding hydrogens is 454 g/mol. The van der Waals surface area contributed by atoms with Gasteiger partial charge in [-0.2, -0.15) is 0 Å². The van der Waals surface area contributed by atoms with Crippen molar-refractivity contribution in [3.05, 3.63) is 72.1 Å². The van der Waals surface area contributed by atoms with Crippen LogP contribution in [0.15, 0.2) is 63.9 Å². The first-order valence-electron chi connectivity index (χ1n) is 10.6. The van der Waals surface area contributed by atoms with Crippen molar-refractivity contribution in [3.8, 4) is 28.6 Å². The molecule has 0 aliphatic heterocycles. The number of carbonyl (C=O) groups is 1. The number of nitrogens with zero attached hydrogens (tertiary/aromatic N) is 1. The Morgan fingerprint density at radius 3 is 2.40 bits per heavy atom. The Labute approximate surface area is 201 Å². The van der Waals surface area contributed by atoms with Gasteiger partial charge in [0.05, 0.1) is 40.7 Å². The van der Waals surface area contributed by atoms with Crippen molar-refractivity contribution in [2.75, 3.05) is 32.0 Å². The fourth-order valence-electron chi connectivity index (χ4n) is 3.55. The average Bonchev–Trinajstić information content (AvgIpc) is 3.59. The van der Waals surface area contributed by atoms with Crippen molar-refractivity contribution in [3.63, 3.8) is 0 Å². The second-order valence-corrected chi connectivity index (χ2v) is 7.38. The van der Waals surface area contributed by atoms with Crippen molar-refractivity contribution in [1.29, 1.82) is 0 Å². The molecule has 0 atom stereocenters. The number of amides is 1. The quantitative estimate of drug-likeness (QED) is 0.305. The number of aliphatic hydroxyl groups is 1. The number of nitrogens with one attached hydrogen (secondary N) is 2. The van der Waals surface area contributed by atoms with Gasteiger partial charge in [-0.15, -0.1) is 0 Å². The van der Waals surface area contributed by atoms with E-state index < -0.39 is 5.91 Å². The van der Waals surface area contributed by atoms with Gasteiger partial charge in [0.15, 0.2) is 29.4 Å². The van der Waals surface area contributed by atoms with Crippen LogP contribution in [-0.2, 0) is 13.2 Å². The number of carbonyl (C=O) groups excluding carboxylic acids is 1.